The van der Waals surface area contributed by atoms with Crippen LogP contribution in [0.5, 0.6) is 5.75 Å². The van der Waals surface area contributed by atoms with E-state index in [4.69, 9.17) is 13.9 Å². The molecule has 0 unspecified atom stereocenters. The summed E-state index contributed by atoms with van der Waals surface area (Å²) in [5.74, 6) is 0.0465. The van der Waals surface area contributed by atoms with Crippen molar-refractivity contribution in [1.29, 1.82) is 0 Å². The molecule has 0 saturated carbocycles. The second kappa shape index (κ2) is 8.62. The zero-order valence-electron chi connectivity index (χ0n) is 18.5. The molecule has 0 aliphatic carbocycles. The summed E-state index contributed by atoms with van der Waals surface area (Å²) in [6.07, 6.45) is 3.09. The van der Waals surface area contributed by atoms with Crippen molar-refractivity contribution in [3.8, 4) is 5.75 Å². The molecule has 6 nitrogen and oxygen atoms in total. The molecule has 0 spiro atoms. The number of Topliss-reactive ketones (excluding diaryl/α,β-unsaturated/α-hetero) is 1. The van der Waals surface area contributed by atoms with Gasteiger partial charge in [-0.15, -0.1) is 0 Å². The Morgan fingerprint density at radius 1 is 1.20 bits per heavy atom. The third kappa shape index (κ3) is 4.13. The van der Waals surface area contributed by atoms with Crippen molar-refractivity contribution in [3.05, 3.63) is 38.7 Å². The van der Waals surface area contributed by atoms with Crippen molar-refractivity contribution >= 4 is 22.7 Å². The minimum atomic E-state index is -0.506. The van der Waals surface area contributed by atoms with Crippen LogP contribution in [0.2, 0.25) is 0 Å². The van der Waals surface area contributed by atoms with Gasteiger partial charge in [0.25, 0.3) is 0 Å². The van der Waals surface area contributed by atoms with E-state index in [2.05, 4.69) is 0 Å². The van der Waals surface area contributed by atoms with Crippen LogP contribution in [-0.2, 0) is 28.8 Å². The third-order valence-corrected chi connectivity index (χ3v) is 5.54. The van der Waals surface area contributed by atoms with Gasteiger partial charge in [-0.05, 0) is 56.7 Å². The van der Waals surface area contributed by atoms with E-state index in [-0.39, 0.29) is 30.8 Å². The summed E-state index contributed by atoms with van der Waals surface area (Å²) in [4.78, 5) is 37.8. The predicted molar refractivity (Wildman–Crippen MR) is 114 cm³/mol. The van der Waals surface area contributed by atoms with Gasteiger partial charge in [-0.1, -0.05) is 20.3 Å². The highest BCUT2D eigenvalue weighted by atomic mass is 16.5. The zero-order valence-corrected chi connectivity index (χ0v) is 18.5. The van der Waals surface area contributed by atoms with E-state index in [1.807, 2.05) is 20.8 Å². The Morgan fingerprint density at radius 3 is 2.57 bits per heavy atom. The Labute approximate surface area is 176 Å². The molecule has 3 rings (SSSR count). The lowest BCUT2D eigenvalue weighted by Crippen LogP contribution is -2.34. The number of ketones is 1. The van der Waals surface area contributed by atoms with Crippen LogP contribution < -0.4 is 10.4 Å². The molecule has 0 amide bonds. The SMILES string of the molecule is CCCc1cc(=O)oc2c(C(=O)CC)c(CC(=O)OCC)c3c(c12)OC(C)(C)CC3. The summed E-state index contributed by atoms with van der Waals surface area (Å²) in [5, 5.41) is 0.684. The summed E-state index contributed by atoms with van der Waals surface area (Å²) >= 11 is 0. The molecule has 0 radical (unpaired) electrons. The minimum Gasteiger partial charge on any atom is -0.487 e. The highest BCUT2D eigenvalue weighted by Gasteiger charge is 2.35. The number of hydrogen-bond donors (Lipinski definition) is 0. The van der Waals surface area contributed by atoms with Crippen LogP contribution in [0.1, 0.15) is 80.9 Å². The summed E-state index contributed by atoms with van der Waals surface area (Å²) in [6, 6.07) is 1.49. The molecule has 2 heterocycles. The second-order valence-electron chi connectivity index (χ2n) is 8.33. The largest absolute Gasteiger partial charge is 0.487 e. The lowest BCUT2D eigenvalue weighted by Gasteiger charge is -2.35. The van der Waals surface area contributed by atoms with E-state index in [1.165, 1.54) is 6.07 Å². The number of benzene rings is 1. The smallest absolute Gasteiger partial charge is 0.336 e. The fourth-order valence-corrected chi connectivity index (χ4v) is 4.16. The Balaban J connectivity index is 2.45. The molecular weight excluding hydrogens is 384 g/mol. The van der Waals surface area contributed by atoms with Gasteiger partial charge in [0.2, 0.25) is 0 Å². The molecular formula is C24H30O6. The minimum absolute atomic E-state index is 0.0569. The summed E-state index contributed by atoms with van der Waals surface area (Å²) in [5.41, 5.74) is 1.86. The molecule has 1 aliphatic rings. The molecule has 30 heavy (non-hydrogen) atoms. The topological polar surface area (TPSA) is 82.8 Å². The first-order valence-corrected chi connectivity index (χ1v) is 10.7. The van der Waals surface area contributed by atoms with Crippen LogP contribution in [0.25, 0.3) is 11.0 Å². The molecule has 1 aromatic carbocycles. The highest BCUT2D eigenvalue weighted by molar-refractivity contribution is 6.10. The number of rotatable bonds is 7. The molecule has 0 bridgehead atoms. The van der Waals surface area contributed by atoms with Gasteiger partial charge in [0, 0.05) is 12.5 Å². The first kappa shape index (κ1) is 22.1. The lowest BCUT2D eigenvalue weighted by molar-refractivity contribution is -0.142. The average Bonchev–Trinajstić information content (AvgIpc) is 2.66. The first-order chi connectivity index (χ1) is 14.2. The number of hydrogen-bond acceptors (Lipinski definition) is 6. The summed E-state index contributed by atoms with van der Waals surface area (Å²) in [6.45, 7) is 9.81. The van der Waals surface area contributed by atoms with E-state index in [9.17, 15) is 14.4 Å². The van der Waals surface area contributed by atoms with Gasteiger partial charge in [-0.2, -0.15) is 0 Å². The maximum absolute atomic E-state index is 13.0. The fraction of sp³-hybridized carbons (Fsp3) is 0.542. The zero-order chi connectivity index (χ0) is 22.1. The maximum Gasteiger partial charge on any atom is 0.336 e. The van der Waals surface area contributed by atoms with Crippen LogP contribution in [0.15, 0.2) is 15.3 Å². The van der Waals surface area contributed by atoms with Crippen molar-refractivity contribution in [2.24, 2.45) is 0 Å². The molecule has 0 atom stereocenters. The summed E-state index contributed by atoms with van der Waals surface area (Å²) < 4.78 is 17.2. The van der Waals surface area contributed by atoms with Crippen molar-refractivity contribution < 1.29 is 23.5 Å². The van der Waals surface area contributed by atoms with E-state index >= 15 is 0 Å². The van der Waals surface area contributed by atoms with Gasteiger partial charge in [0.15, 0.2) is 11.4 Å². The van der Waals surface area contributed by atoms with E-state index in [0.29, 0.717) is 35.1 Å². The van der Waals surface area contributed by atoms with Crippen LogP contribution >= 0.6 is 0 Å². The van der Waals surface area contributed by atoms with Gasteiger partial charge >= 0.3 is 11.6 Å². The Bertz CT molecular complexity index is 1040. The fourth-order valence-electron chi connectivity index (χ4n) is 4.16. The van der Waals surface area contributed by atoms with E-state index in [1.54, 1.807) is 13.8 Å². The second-order valence-corrected chi connectivity index (χ2v) is 8.33. The van der Waals surface area contributed by atoms with E-state index in [0.717, 1.165) is 24.0 Å². The molecule has 0 N–H and O–H groups in total. The number of carbonyl (C=O) groups excluding carboxylic acids is 2. The number of fused-ring (bicyclic) bond motifs is 3. The van der Waals surface area contributed by atoms with Crippen molar-refractivity contribution in [3.63, 3.8) is 0 Å². The Kier molecular flexibility index (Phi) is 6.34. The monoisotopic (exact) mass is 414 g/mol. The molecule has 0 saturated heterocycles. The Hall–Kier alpha value is -2.63. The van der Waals surface area contributed by atoms with Gasteiger partial charge < -0.3 is 13.9 Å². The van der Waals surface area contributed by atoms with Crippen molar-refractivity contribution in [2.45, 2.75) is 78.7 Å². The van der Waals surface area contributed by atoms with Gasteiger partial charge in [-0.25, -0.2) is 4.79 Å². The third-order valence-electron chi connectivity index (χ3n) is 5.54. The summed E-state index contributed by atoms with van der Waals surface area (Å²) in [7, 11) is 0. The molecule has 162 valence electrons. The highest BCUT2D eigenvalue weighted by Crippen LogP contribution is 2.44. The predicted octanol–water partition coefficient (Wildman–Crippen LogP) is 4.55. The maximum atomic E-state index is 13.0. The van der Waals surface area contributed by atoms with Crippen molar-refractivity contribution in [1.82, 2.24) is 0 Å². The van der Waals surface area contributed by atoms with Crippen LogP contribution in [-0.4, -0.2) is 24.0 Å². The molecule has 6 heteroatoms. The normalized spacial score (nSPS) is 14.8. The molecule has 2 aromatic rings. The first-order valence-electron chi connectivity index (χ1n) is 10.7. The van der Waals surface area contributed by atoms with Gasteiger partial charge in [0.1, 0.15) is 11.4 Å². The Morgan fingerprint density at radius 2 is 1.93 bits per heavy atom. The van der Waals surface area contributed by atoms with Crippen LogP contribution in [0, 0.1) is 0 Å². The van der Waals surface area contributed by atoms with Crippen LogP contribution in [0.4, 0.5) is 0 Å². The van der Waals surface area contributed by atoms with Gasteiger partial charge in [-0.3, -0.25) is 9.59 Å². The van der Waals surface area contributed by atoms with E-state index < -0.39 is 17.2 Å². The number of aryl methyl sites for hydroxylation is 1. The number of ether oxygens (including phenoxy) is 2. The average molecular weight is 414 g/mol. The number of esters is 1. The lowest BCUT2D eigenvalue weighted by atomic mass is 9.84. The standard InChI is InChI=1S/C24H30O6/c1-6-9-14-12-19(27)29-23-20(14)22-15(10-11-24(4,5)30-22)16(13-18(26)28-8-3)21(23)17(25)7-2/h12H,6-11,13H2,1-5H3. The number of carbonyl (C=O) groups is 2. The quantitative estimate of drug-likeness (QED) is 0.376. The molecule has 1 aliphatic heterocycles. The van der Waals surface area contributed by atoms with Gasteiger partial charge in [0.05, 0.1) is 24.0 Å². The molecule has 1 aromatic heterocycles. The van der Waals surface area contributed by atoms with Crippen molar-refractivity contribution in [2.75, 3.05) is 6.61 Å². The van der Waals surface area contributed by atoms with Crippen LogP contribution in [0.3, 0.4) is 0 Å². The molecule has 0 fully saturated rings.